The van der Waals surface area contributed by atoms with Gasteiger partial charge in [-0.2, -0.15) is 0 Å². The fraction of sp³-hybridized carbons (Fsp3) is 0.107. The third-order valence-electron chi connectivity index (χ3n) is 5.85. The number of hydrogen-bond donors (Lipinski definition) is 0. The molecule has 33 heavy (non-hydrogen) atoms. The number of rotatable bonds is 6. The molecular weight excluding hydrogens is 494 g/mol. The Kier molecular flexibility index (Phi) is 6.25. The smallest absolute Gasteiger partial charge is 0.147 e. The third kappa shape index (κ3) is 4.31. The van der Waals surface area contributed by atoms with Crippen LogP contribution in [0.25, 0.3) is 21.8 Å². The second-order valence-electron chi connectivity index (χ2n) is 7.82. The topological polar surface area (TPSA) is 31.2 Å². The van der Waals surface area contributed by atoms with Crippen molar-refractivity contribution in [3.05, 3.63) is 106 Å². The third-order valence-corrected chi connectivity index (χ3v) is 7.57. The van der Waals surface area contributed by atoms with Gasteiger partial charge in [-0.15, -0.1) is 0 Å². The van der Waals surface area contributed by atoms with Crippen molar-refractivity contribution in [3.8, 4) is 22.7 Å². The Balaban J connectivity index is 1.69. The highest BCUT2D eigenvalue weighted by Gasteiger charge is 2.26. The molecule has 3 aromatic carbocycles. The van der Waals surface area contributed by atoms with Gasteiger partial charge in [-0.05, 0) is 73.0 Å². The summed E-state index contributed by atoms with van der Waals surface area (Å²) in [6.07, 6.45) is 2.56. The number of thioether (sulfide) groups is 1. The van der Waals surface area contributed by atoms with Crippen molar-refractivity contribution in [2.75, 3.05) is 7.11 Å². The fourth-order valence-electron chi connectivity index (χ4n) is 4.23. The van der Waals surface area contributed by atoms with Crippen LogP contribution in [0.5, 0.6) is 5.75 Å². The van der Waals surface area contributed by atoms with E-state index in [1.54, 1.807) is 18.9 Å². The van der Waals surface area contributed by atoms with Gasteiger partial charge in [0, 0.05) is 36.8 Å². The zero-order valence-corrected chi connectivity index (χ0v) is 20.5. The van der Waals surface area contributed by atoms with Crippen LogP contribution in [-0.4, -0.2) is 18.0 Å². The minimum Gasteiger partial charge on any atom is -0.497 e. The number of aromatic nitrogens is 1. The van der Waals surface area contributed by atoms with Crippen LogP contribution >= 0.6 is 27.7 Å². The highest BCUT2D eigenvalue weighted by atomic mass is 79.9. The van der Waals surface area contributed by atoms with Gasteiger partial charge in [0.2, 0.25) is 0 Å². The Hall–Kier alpha value is -3.02. The Morgan fingerprint density at radius 2 is 1.67 bits per heavy atom. The van der Waals surface area contributed by atoms with Crippen LogP contribution in [0, 0.1) is 0 Å². The van der Waals surface area contributed by atoms with E-state index < -0.39 is 0 Å². The van der Waals surface area contributed by atoms with Gasteiger partial charge in [0.1, 0.15) is 12.0 Å². The molecule has 0 atom stereocenters. The average molecular weight is 516 g/mol. The molecule has 1 aliphatic rings. The van der Waals surface area contributed by atoms with Gasteiger partial charge in [-0.3, -0.25) is 4.79 Å². The monoisotopic (exact) mass is 515 g/mol. The lowest BCUT2D eigenvalue weighted by Crippen LogP contribution is -2.09. The maximum Gasteiger partial charge on any atom is 0.147 e. The van der Waals surface area contributed by atoms with Gasteiger partial charge in [0.25, 0.3) is 0 Å². The summed E-state index contributed by atoms with van der Waals surface area (Å²) in [6.45, 7) is 0. The molecule has 0 amide bonds. The molecule has 0 N–H and O–H groups in total. The number of methoxy groups -OCH3 is 1. The Morgan fingerprint density at radius 3 is 2.33 bits per heavy atom. The SMILES string of the molecule is COc1ccc(-n2c(-c3ccccc3)cc3c2CCC(C=O)=C3Sc2ccc(Br)cc2)cc1. The Bertz CT molecular complexity index is 1320. The van der Waals surface area contributed by atoms with E-state index in [9.17, 15) is 4.79 Å². The van der Waals surface area contributed by atoms with Gasteiger partial charge >= 0.3 is 0 Å². The number of carbonyl (C=O) groups excluding carboxylic acids is 1. The summed E-state index contributed by atoms with van der Waals surface area (Å²) < 4.78 is 8.74. The molecule has 1 aliphatic carbocycles. The molecule has 0 bridgehead atoms. The van der Waals surface area contributed by atoms with Gasteiger partial charge in [0.15, 0.2) is 0 Å². The van der Waals surface area contributed by atoms with E-state index in [0.717, 1.165) is 67.2 Å². The van der Waals surface area contributed by atoms with Crippen LogP contribution in [0.15, 0.2) is 99.9 Å². The normalized spacial score (nSPS) is 13.0. The first-order valence-electron chi connectivity index (χ1n) is 10.7. The maximum absolute atomic E-state index is 12.0. The predicted molar refractivity (Wildman–Crippen MR) is 139 cm³/mol. The summed E-state index contributed by atoms with van der Waals surface area (Å²) in [5.41, 5.74) is 6.56. The minimum absolute atomic E-state index is 0.726. The van der Waals surface area contributed by atoms with E-state index in [2.05, 4.69) is 75.1 Å². The first-order chi connectivity index (χ1) is 16.2. The molecule has 164 valence electrons. The van der Waals surface area contributed by atoms with Crippen LogP contribution in [0.2, 0.25) is 0 Å². The zero-order chi connectivity index (χ0) is 22.8. The molecule has 5 rings (SSSR count). The molecule has 0 fully saturated rings. The average Bonchev–Trinajstić information content (AvgIpc) is 3.26. The lowest BCUT2D eigenvalue weighted by molar-refractivity contribution is -0.105. The Labute approximate surface area is 206 Å². The molecule has 0 unspecified atom stereocenters. The summed E-state index contributed by atoms with van der Waals surface area (Å²) in [4.78, 5) is 14.2. The number of nitrogens with zero attached hydrogens (tertiary/aromatic N) is 1. The van der Waals surface area contributed by atoms with Crippen molar-refractivity contribution in [1.82, 2.24) is 4.57 Å². The van der Waals surface area contributed by atoms with Crippen LogP contribution in [-0.2, 0) is 11.2 Å². The van der Waals surface area contributed by atoms with E-state index in [1.165, 1.54) is 5.69 Å². The second-order valence-corrected chi connectivity index (χ2v) is 9.82. The van der Waals surface area contributed by atoms with Crippen LogP contribution < -0.4 is 4.74 Å². The zero-order valence-electron chi connectivity index (χ0n) is 18.1. The molecular formula is C28H22BrNO2S. The summed E-state index contributed by atoms with van der Waals surface area (Å²) in [6, 6.07) is 29.0. The van der Waals surface area contributed by atoms with Crippen LogP contribution in [0.4, 0.5) is 0 Å². The van der Waals surface area contributed by atoms with Crippen molar-refractivity contribution >= 4 is 38.9 Å². The molecule has 4 aromatic rings. The van der Waals surface area contributed by atoms with E-state index in [1.807, 2.05) is 30.3 Å². The molecule has 0 saturated carbocycles. The number of aldehydes is 1. The molecule has 5 heteroatoms. The number of benzene rings is 3. The number of carbonyl (C=O) groups is 1. The van der Waals surface area contributed by atoms with Crippen molar-refractivity contribution in [2.45, 2.75) is 17.7 Å². The molecule has 1 aromatic heterocycles. The molecule has 0 aliphatic heterocycles. The fourth-order valence-corrected chi connectivity index (χ4v) is 5.57. The Morgan fingerprint density at radius 1 is 0.939 bits per heavy atom. The lowest BCUT2D eigenvalue weighted by atomic mass is 9.98. The first kappa shape index (κ1) is 21.8. The largest absolute Gasteiger partial charge is 0.497 e. The number of hydrogen-bond acceptors (Lipinski definition) is 3. The lowest BCUT2D eigenvalue weighted by Gasteiger charge is -2.21. The predicted octanol–water partition coefficient (Wildman–Crippen LogP) is 7.56. The minimum atomic E-state index is 0.726. The second kappa shape index (κ2) is 9.46. The van der Waals surface area contributed by atoms with Gasteiger partial charge in [-0.25, -0.2) is 0 Å². The molecule has 1 heterocycles. The summed E-state index contributed by atoms with van der Waals surface area (Å²) in [5.74, 6) is 0.829. The molecule has 0 radical (unpaired) electrons. The molecule has 3 nitrogen and oxygen atoms in total. The number of allylic oxidation sites excluding steroid dienone is 1. The molecule has 0 saturated heterocycles. The number of fused-ring (bicyclic) bond motifs is 1. The van der Waals surface area contributed by atoms with Crippen molar-refractivity contribution in [2.24, 2.45) is 0 Å². The van der Waals surface area contributed by atoms with Gasteiger partial charge < -0.3 is 9.30 Å². The summed E-state index contributed by atoms with van der Waals surface area (Å²) in [7, 11) is 1.68. The van der Waals surface area contributed by atoms with Crippen molar-refractivity contribution in [3.63, 3.8) is 0 Å². The van der Waals surface area contributed by atoms with E-state index in [4.69, 9.17) is 4.74 Å². The van der Waals surface area contributed by atoms with Crippen molar-refractivity contribution < 1.29 is 9.53 Å². The summed E-state index contributed by atoms with van der Waals surface area (Å²) >= 11 is 5.17. The summed E-state index contributed by atoms with van der Waals surface area (Å²) in [5, 5.41) is 0. The first-order valence-corrected chi connectivity index (χ1v) is 12.4. The standard InChI is InChI=1S/C28H22BrNO2S/c1-32-23-12-10-22(11-13-23)30-26-16-7-20(18-31)28(33-24-14-8-21(29)9-15-24)25(26)17-27(30)19-5-3-2-4-6-19/h2-6,8-15,17-18H,7,16H2,1H3. The number of halogens is 1. The van der Waals surface area contributed by atoms with Crippen molar-refractivity contribution in [1.29, 1.82) is 0 Å². The van der Waals surface area contributed by atoms with E-state index in [0.29, 0.717) is 0 Å². The maximum atomic E-state index is 12.0. The number of ether oxygens (including phenoxy) is 1. The highest BCUT2D eigenvalue weighted by molar-refractivity contribution is 9.10. The van der Waals surface area contributed by atoms with Gasteiger partial charge in [0.05, 0.1) is 12.8 Å². The molecule has 0 spiro atoms. The van der Waals surface area contributed by atoms with Crippen LogP contribution in [0.1, 0.15) is 17.7 Å². The quantitative estimate of drug-likeness (QED) is 0.248. The van der Waals surface area contributed by atoms with E-state index >= 15 is 0 Å². The van der Waals surface area contributed by atoms with Crippen LogP contribution in [0.3, 0.4) is 0 Å². The van der Waals surface area contributed by atoms with E-state index in [-0.39, 0.29) is 0 Å². The van der Waals surface area contributed by atoms with Gasteiger partial charge in [-0.1, -0.05) is 58.0 Å². The highest BCUT2D eigenvalue weighted by Crippen LogP contribution is 2.45.